The lowest BCUT2D eigenvalue weighted by Gasteiger charge is -2.35. The number of fused-ring (bicyclic) bond motifs is 1. The van der Waals surface area contributed by atoms with Crippen LogP contribution in [0.2, 0.25) is 0 Å². The molecule has 1 saturated heterocycles. The van der Waals surface area contributed by atoms with Gasteiger partial charge in [-0.15, -0.1) is 11.3 Å². The fourth-order valence-electron chi connectivity index (χ4n) is 3.06. The number of hydrogen-bond acceptors (Lipinski definition) is 6. The third-order valence-corrected chi connectivity index (χ3v) is 7.11. The molecule has 0 radical (unpaired) electrons. The van der Waals surface area contributed by atoms with Crippen molar-refractivity contribution in [1.29, 1.82) is 0 Å². The monoisotopic (exact) mass is 428 g/mol. The van der Waals surface area contributed by atoms with Gasteiger partial charge >= 0.3 is 0 Å². The van der Waals surface area contributed by atoms with E-state index in [9.17, 15) is 8.42 Å². The fraction of sp³-hybridized carbons (Fsp3) is 0.647. The summed E-state index contributed by atoms with van der Waals surface area (Å²) < 4.78 is 33.8. The lowest BCUT2D eigenvalue weighted by atomic mass is 10.4. The molecule has 0 aliphatic carbocycles. The maximum Gasteiger partial charge on any atom is 0.216 e. The number of nitrogens with zero attached hydrogens (tertiary/aromatic N) is 5. The number of ether oxygens (including phenoxy) is 1. The van der Waals surface area contributed by atoms with Gasteiger partial charge in [0.15, 0.2) is 10.9 Å². The Balaban J connectivity index is 1.49. The predicted octanol–water partition coefficient (Wildman–Crippen LogP) is 0.844. The molecule has 156 valence electrons. The van der Waals surface area contributed by atoms with Crippen LogP contribution >= 0.6 is 11.3 Å². The minimum absolute atomic E-state index is 0.0234. The number of hydrogen-bond donors (Lipinski definition) is 1. The zero-order valence-electron chi connectivity index (χ0n) is 16.5. The summed E-state index contributed by atoms with van der Waals surface area (Å²) in [4.78, 5) is 11.9. The first-order chi connectivity index (χ1) is 13.4. The highest BCUT2D eigenvalue weighted by Crippen LogP contribution is 2.12. The maximum absolute atomic E-state index is 12.5. The Bertz CT molecular complexity index is 869. The molecule has 9 nitrogen and oxygen atoms in total. The Morgan fingerprint density at radius 1 is 1.36 bits per heavy atom. The zero-order chi connectivity index (χ0) is 20.1. The summed E-state index contributed by atoms with van der Waals surface area (Å²) in [6, 6.07) is 0. The van der Waals surface area contributed by atoms with E-state index >= 15 is 0 Å². The highest BCUT2D eigenvalue weighted by Gasteiger charge is 2.28. The van der Waals surface area contributed by atoms with Crippen LogP contribution in [0.5, 0.6) is 0 Å². The molecule has 2 aromatic rings. The standard InChI is InChI=1S/C17H28N6O3S2/c1-14(2)26-9-11-28(24,25)23-6-4-21(5-7-23)16(18-3)19-12-15-13-22-8-10-27-17(22)20-15/h8,10,13-14H,4-7,9,11-12H2,1-3H3,(H,18,19). The molecule has 0 aromatic carbocycles. The van der Waals surface area contributed by atoms with E-state index in [1.807, 2.05) is 36.0 Å². The third-order valence-electron chi connectivity index (χ3n) is 4.51. The molecule has 1 aliphatic rings. The minimum Gasteiger partial charge on any atom is -0.378 e. The van der Waals surface area contributed by atoms with Gasteiger partial charge in [0, 0.05) is 51.0 Å². The van der Waals surface area contributed by atoms with E-state index in [1.165, 1.54) is 0 Å². The topological polar surface area (TPSA) is 91.5 Å². The largest absolute Gasteiger partial charge is 0.378 e. The second-order valence-electron chi connectivity index (χ2n) is 6.85. The van der Waals surface area contributed by atoms with Gasteiger partial charge in [-0.05, 0) is 13.8 Å². The smallest absolute Gasteiger partial charge is 0.216 e. The van der Waals surface area contributed by atoms with Crippen LogP contribution in [0.15, 0.2) is 22.8 Å². The van der Waals surface area contributed by atoms with Crippen molar-refractivity contribution in [2.24, 2.45) is 4.99 Å². The first-order valence-corrected chi connectivity index (χ1v) is 11.8. The van der Waals surface area contributed by atoms with Gasteiger partial charge in [0.05, 0.1) is 30.7 Å². The fourth-order valence-corrected chi connectivity index (χ4v) is 5.06. The van der Waals surface area contributed by atoms with Crippen molar-refractivity contribution < 1.29 is 13.2 Å². The molecule has 2 aromatic heterocycles. The van der Waals surface area contributed by atoms with Gasteiger partial charge in [-0.25, -0.2) is 13.4 Å². The molecule has 0 spiro atoms. The summed E-state index contributed by atoms with van der Waals surface area (Å²) in [5, 5.41) is 5.32. The van der Waals surface area contributed by atoms with Gasteiger partial charge in [0.2, 0.25) is 10.0 Å². The van der Waals surface area contributed by atoms with Crippen LogP contribution in [0.25, 0.3) is 4.96 Å². The Hall–Kier alpha value is -1.69. The first kappa shape index (κ1) is 21.0. The molecule has 0 unspecified atom stereocenters. The van der Waals surface area contributed by atoms with Gasteiger partial charge in [-0.2, -0.15) is 4.31 Å². The number of nitrogens with one attached hydrogen (secondary N) is 1. The number of piperazine rings is 1. The Kier molecular flexibility index (Phi) is 6.91. The highest BCUT2D eigenvalue weighted by molar-refractivity contribution is 7.89. The average Bonchev–Trinajstić information content (AvgIpc) is 3.24. The van der Waals surface area contributed by atoms with Gasteiger partial charge in [0.1, 0.15) is 0 Å². The van der Waals surface area contributed by atoms with Crippen molar-refractivity contribution in [3.05, 3.63) is 23.5 Å². The summed E-state index contributed by atoms with van der Waals surface area (Å²) in [7, 11) is -1.55. The SMILES string of the molecule is CN=C(NCc1cn2ccsc2n1)N1CCN(S(=O)(=O)CCOC(C)C)CC1. The van der Waals surface area contributed by atoms with Gasteiger partial charge in [-0.1, -0.05) is 0 Å². The van der Waals surface area contributed by atoms with E-state index in [0.29, 0.717) is 32.7 Å². The van der Waals surface area contributed by atoms with E-state index in [4.69, 9.17) is 4.74 Å². The van der Waals surface area contributed by atoms with Gasteiger partial charge in [0.25, 0.3) is 0 Å². The number of sulfonamides is 1. The van der Waals surface area contributed by atoms with Gasteiger partial charge in [-0.3, -0.25) is 9.39 Å². The third kappa shape index (κ3) is 5.22. The minimum atomic E-state index is -3.29. The number of aliphatic imine (C=N–C) groups is 1. The lowest BCUT2D eigenvalue weighted by molar-refractivity contribution is 0.0904. The van der Waals surface area contributed by atoms with E-state index in [-0.39, 0.29) is 18.5 Å². The van der Waals surface area contributed by atoms with Crippen LogP contribution in [0, 0.1) is 0 Å². The van der Waals surface area contributed by atoms with Crippen molar-refractivity contribution >= 4 is 32.3 Å². The van der Waals surface area contributed by atoms with Crippen LogP contribution in [0.3, 0.4) is 0 Å². The molecule has 1 N–H and O–H groups in total. The zero-order valence-corrected chi connectivity index (χ0v) is 18.2. The van der Waals surface area contributed by atoms with Crippen LogP contribution in [-0.4, -0.2) is 84.7 Å². The molecule has 11 heteroatoms. The molecule has 3 heterocycles. The number of thiazole rings is 1. The molecule has 3 rings (SSSR count). The maximum atomic E-state index is 12.5. The summed E-state index contributed by atoms with van der Waals surface area (Å²) in [6.45, 7) is 6.70. The summed E-state index contributed by atoms with van der Waals surface area (Å²) >= 11 is 1.60. The van der Waals surface area contributed by atoms with Gasteiger partial charge < -0.3 is 15.0 Å². The number of guanidine groups is 1. The number of imidazole rings is 1. The second kappa shape index (κ2) is 9.21. The van der Waals surface area contributed by atoms with Crippen molar-refractivity contribution in [2.45, 2.75) is 26.5 Å². The Morgan fingerprint density at radius 3 is 2.75 bits per heavy atom. The average molecular weight is 429 g/mol. The molecule has 0 atom stereocenters. The van der Waals surface area contributed by atoms with Crippen molar-refractivity contribution in [2.75, 3.05) is 45.6 Å². The Morgan fingerprint density at radius 2 is 2.11 bits per heavy atom. The molecule has 1 aliphatic heterocycles. The van der Waals surface area contributed by atoms with Crippen LogP contribution in [0.1, 0.15) is 19.5 Å². The van der Waals surface area contributed by atoms with E-state index in [1.54, 1.807) is 22.7 Å². The van der Waals surface area contributed by atoms with Crippen molar-refractivity contribution in [1.82, 2.24) is 23.9 Å². The molecular formula is C17H28N6O3S2. The van der Waals surface area contributed by atoms with E-state index in [0.717, 1.165) is 16.6 Å². The molecule has 28 heavy (non-hydrogen) atoms. The number of rotatable bonds is 7. The number of aromatic nitrogens is 2. The first-order valence-electron chi connectivity index (χ1n) is 9.35. The van der Waals surface area contributed by atoms with E-state index < -0.39 is 10.0 Å². The molecule has 0 bridgehead atoms. The van der Waals surface area contributed by atoms with Crippen LogP contribution in [-0.2, 0) is 21.3 Å². The lowest BCUT2D eigenvalue weighted by Crippen LogP contribution is -2.54. The highest BCUT2D eigenvalue weighted by atomic mass is 32.2. The molecular weight excluding hydrogens is 400 g/mol. The molecule has 0 saturated carbocycles. The molecule has 1 fully saturated rings. The summed E-state index contributed by atoms with van der Waals surface area (Å²) in [6.07, 6.45) is 4.01. The van der Waals surface area contributed by atoms with Crippen LogP contribution < -0.4 is 5.32 Å². The summed E-state index contributed by atoms with van der Waals surface area (Å²) in [5.74, 6) is 0.784. The van der Waals surface area contributed by atoms with E-state index in [2.05, 4.69) is 20.2 Å². The normalized spacial score (nSPS) is 17.0. The van der Waals surface area contributed by atoms with Crippen molar-refractivity contribution in [3.8, 4) is 0 Å². The quantitative estimate of drug-likeness (QED) is 0.519. The molecule has 0 amide bonds. The second-order valence-corrected chi connectivity index (χ2v) is 9.81. The van der Waals surface area contributed by atoms with Crippen molar-refractivity contribution in [3.63, 3.8) is 0 Å². The predicted molar refractivity (Wildman–Crippen MR) is 111 cm³/mol. The van der Waals surface area contributed by atoms with Crippen LogP contribution in [0.4, 0.5) is 0 Å². The Labute approximate surface area is 170 Å². The summed E-state index contributed by atoms with van der Waals surface area (Å²) in [5.41, 5.74) is 0.944.